The van der Waals surface area contributed by atoms with Crippen LogP contribution in [0.25, 0.3) is 11.1 Å². The summed E-state index contributed by atoms with van der Waals surface area (Å²) in [6.07, 6.45) is 5.46. The first-order chi connectivity index (χ1) is 11.8. The van der Waals surface area contributed by atoms with E-state index in [0.29, 0.717) is 11.0 Å². The molecule has 2 aromatic rings. The van der Waals surface area contributed by atoms with E-state index in [1.165, 1.54) is 60.2 Å². The lowest BCUT2D eigenvalue weighted by Crippen LogP contribution is -2.60. The van der Waals surface area contributed by atoms with Gasteiger partial charge in [0, 0.05) is 23.2 Å². The lowest BCUT2D eigenvalue weighted by atomic mass is 9.63. The molecule has 130 valence electrons. The van der Waals surface area contributed by atoms with Crippen molar-refractivity contribution in [1.29, 1.82) is 0 Å². The van der Waals surface area contributed by atoms with E-state index in [-0.39, 0.29) is 5.41 Å². The van der Waals surface area contributed by atoms with Gasteiger partial charge in [0.25, 0.3) is 0 Å². The summed E-state index contributed by atoms with van der Waals surface area (Å²) < 4.78 is 0. The summed E-state index contributed by atoms with van der Waals surface area (Å²) in [4.78, 5) is 2.74. The number of hydrogen-bond acceptors (Lipinski definition) is 1. The Kier molecular flexibility index (Phi) is 2.91. The van der Waals surface area contributed by atoms with Crippen LogP contribution in [0.3, 0.4) is 0 Å². The molecule has 1 nitrogen and oxygen atoms in total. The van der Waals surface area contributed by atoms with Crippen LogP contribution in [0.2, 0.25) is 0 Å². The van der Waals surface area contributed by atoms with Crippen LogP contribution in [0.15, 0.2) is 42.5 Å². The molecule has 2 aromatic carbocycles. The van der Waals surface area contributed by atoms with Crippen molar-refractivity contribution in [2.75, 3.05) is 11.4 Å². The first kappa shape index (κ1) is 15.5. The molecule has 2 bridgehead atoms. The summed E-state index contributed by atoms with van der Waals surface area (Å²) in [5.41, 5.74) is 8.23. The minimum Gasteiger partial charge on any atom is -0.366 e. The second-order valence-electron chi connectivity index (χ2n) is 9.79. The number of benzene rings is 2. The molecule has 1 heteroatoms. The highest BCUT2D eigenvalue weighted by Gasteiger charge is 2.48. The van der Waals surface area contributed by atoms with E-state index in [1.54, 1.807) is 0 Å². The van der Waals surface area contributed by atoms with Gasteiger partial charge in [-0.3, -0.25) is 0 Å². The van der Waals surface area contributed by atoms with E-state index in [4.69, 9.17) is 0 Å². The van der Waals surface area contributed by atoms with E-state index in [9.17, 15) is 0 Å². The summed E-state index contributed by atoms with van der Waals surface area (Å²) >= 11 is 0. The quantitative estimate of drug-likeness (QED) is 0.605. The average molecular weight is 332 g/mol. The molecule has 0 radical (unpaired) electrons. The van der Waals surface area contributed by atoms with Crippen LogP contribution in [-0.2, 0) is 5.41 Å². The van der Waals surface area contributed by atoms with Gasteiger partial charge in [-0.1, -0.05) is 51.1 Å². The van der Waals surface area contributed by atoms with Gasteiger partial charge in [-0.05, 0) is 72.4 Å². The summed E-state index contributed by atoms with van der Waals surface area (Å²) in [5.74, 6) is 0. The summed E-state index contributed by atoms with van der Waals surface area (Å²) in [7, 11) is 0. The molecule has 1 saturated carbocycles. The van der Waals surface area contributed by atoms with Crippen molar-refractivity contribution in [2.24, 2.45) is 5.41 Å². The molecule has 3 fully saturated rings. The molecule has 6 rings (SSSR count). The van der Waals surface area contributed by atoms with Gasteiger partial charge in [-0.15, -0.1) is 0 Å². The van der Waals surface area contributed by atoms with E-state index in [0.717, 1.165) is 0 Å². The number of fused-ring (bicyclic) bond motifs is 6. The molecule has 0 N–H and O–H groups in total. The SMILES string of the molecule is CC12CCC(C)(CC1)N(c1ccc3c(c1)C(C)(C)c1ccccc1-3)C2. The monoisotopic (exact) mass is 331 g/mol. The molecule has 0 aromatic heterocycles. The van der Waals surface area contributed by atoms with Crippen molar-refractivity contribution in [3.8, 4) is 11.1 Å². The molecule has 25 heavy (non-hydrogen) atoms. The van der Waals surface area contributed by atoms with Gasteiger partial charge in [-0.25, -0.2) is 0 Å². The second kappa shape index (κ2) is 4.69. The molecule has 2 aliphatic heterocycles. The number of anilines is 1. The lowest BCUT2D eigenvalue weighted by molar-refractivity contribution is 0.0929. The van der Waals surface area contributed by atoms with Crippen molar-refractivity contribution >= 4 is 5.69 Å². The highest BCUT2D eigenvalue weighted by atomic mass is 15.2. The van der Waals surface area contributed by atoms with Gasteiger partial charge in [0.2, 0.25) is 0 Å². The zero-order valence-corrected chi connectivity index (χ0v) is 16.0. The standard InChI is InChI=1S/C24H29N/c1-22(2)20-8-6-5-7-18(20)19-10-9-17(15-21(19)22)25-16-23(3)11-13-24(25,4)14-12-23/h5-10,15H,11-14,16H2,1-4H3. The van der Waals surface area contributed by atoms with Gasteiger partial charge in [-0.2, -0.15) is 0 Å². The molecule has 2 saturated heterocycles. The zero-order valence-electron chi connectivity index (χ0n) is 16.0. The maximum absolute atomic E-state index is 2.74. The number of rotatable bonds is 1. The second-order valence-corrected chi connectivity index (χ2v) is 9.79. The van der Waals surface area contributed by atoms with Gasteiger partial charge >= 0.3 is 0 Å². The third-order valence-electron chi connectivity index (χ3n) is 7.60. The number of piperidine rings is 2. The van der Waals surface area contributed by atoms with Crippen molar-refractivity contribution in [2.45, 2.75) is 64.3 Å². The maximum Gasteiger partial charge on any atom is 0.0374 e. The lowest BCUT2D eigenvalue weighted by Gasteiger charge is -2.59. The van der Waals surface area contributed by atoms with Crippen LogP contribution in [0, 0.1) is 5.41 Å². The van der Waals surface area contributed by atoms with Crippen LogP contribution >= 0.6 is 0 Å². The van der Waals surface area contributed by atoms with Gasteiger partial charge in [0.15, 0.2) is 0 Å². The van der Waals surface area contributed by atoms with Crippen LogP contribution in [0.4, 0.5) is 5.69 Å². The first-order valence-electron chi connectivity index (χ1n) is 9.85. The average Bonchev–Trinajstić information content (AvgIpc) is 2.84. The summed E-state index contributed by atoms with van der Waals surface area (Å²) in [6, 6.07) is 16.2. The Morgan fingerprint density at radius 2 is 1.44 bits per heavy atom. The van der Waals surface area contributed by atoms with E-state index < -0.39 is 0 Å². The molecule has 4 aliphatic rings. The molecule has 0 unspecified atom stereocenters. The molecular formula is C24H29N. The van der Waals surface area contributed by atoms with Crippen LogP contribution in [0.1, 0.15) is 64.5 Å². The van der Waals surface area contributed by atoms with E-state index in [1.807, 2.05) is 0 Å². The van der Waals surface area contributed by atoms with Gasteiger partial charge in [0.05, 0.1) is 0 Å². The minimum absolute atomic E-state index is 0.0988. The Labute approximate surface area is 152 Å². The van der Waals surface area contributed by atoms with Gasteiger partial charge < -0.3 is 4.90 Å². The van der Waals surface area contributed by atoms with Crippen LogP contribution in [-0.4, -0.2) is 12.1 Å². The van der Waals surface area contributed by atoms with E-state index in [2.05, 4.69) is 75.1 Å². The van der Waals surface area contributed by atoms with E-state index >= 15 is 0 Å². The Hall–Kier alpha value is -1.76. The first-order valence-corrected chi connectivity index (χ1v) is 9.85. The highest BCUT2D eigenvalue weighted by molar-refractivity contribution is 5.82. The summed E-state index contributed by atoms with van der Waals surface area (Å²) in [6.45, 7) is 11.0. The van der Waals surface area contributed by atoms with Crippen molar-refractivity contribution in [3.05, 3.63) is 53.6 Å². The Morgan fingerprint density at radius 3 is 2.20 bits per heavy atom. The number of nitrogens with zero attached hydrogens (tertiary/aromatic N) is 1. The molecule has 0 amide bonds. The predicted octanol–water partition coefficient (Wildman–Crippen LogP) is 6.15. The fraction of sp³-hybridized carbons (Fsp3) is 0.500. The highest BCUT2D eigenvalue weighted by Crippen LogP contribution is 2.54. The third kappa shape index (κ3) is 2.02. The smallest absolute Gasteiger partial charge is 0.0374 e. The van der Waals surface area contributed by atoms with Crippen LogP contribution in [0.5, 0.6) is 0 Å². The molecule has 0 atom stereocenters. The van der Waals surface area contributed by atoms with Gasteiger partial charge in [0.1, 0.15) is 0 Å². The molecule has 2 aliphatic carbocycles. The van der Waals surface area contributed by atoms with Crippen molar-refractivity contribution in [1.82, 2.24) is 0 Å². The fourth-order valence-electron chi connectivity index (χ4n) is 5.66. The maximum atomic E-state index is 2.74. The number of hydrogen-bond donors (Lipinski definition) is 0. The molecular weight excluding hydrogens is 302 g/mol. The fourth-order valence-corrected chi connectivity index (χ4v) is 5.66. The summed E-state index contributed by atoms with van der Waals surface area (Å²) in [5, 5.41) is 0. The Balaban J connectivity index is 1.62. The zero-order chi connectivity index (χ0) is 17.4. The molecule has 0 spiro atoms. The van der Waals surface area contributed by atoms with Crippen molar-refractivity contribution in [3.63, 3.8) is 0 Å². The minimum atomic E-state index is 0.0988. The normalized spacial score (nSPS) is 31.8. The Bertz CT molecular complexity index is 852. The molecule has 2 heterocycles. The van der Waals surface area contributed by atoms with Crippen molar-refractivity contribution < 1.29 is 0 Å². The third-order valence-corrected chi connectivity index (χ3v) is 7.60. The van der Waals surface area contributed by atoms with Crippen LogP contribution < -0.4 is 4.90 Å². The largest absolute Gasteiger partial charge is 0.366 e. The Morgan fingerprint density at radius 1 is 0.760 bits per heavy atom. The predicted molar refractivity (Wildman–Crippen MR) is 106 cm³/mol. The topological polar surface area (TPSA) is 3.24 Å².